The molecule has 0 radical (unpaired) electrons. The molecular weight excluding hydrogens is 244 g/mol. The van der Waals surface area contributed by atoms with E-state index in [-0.39, 0.29) is 12.1 Å². The molecule has 1 amide bonds. The second kappa shape index (κ2) is 7.41. The van der Waals surface area contributed by atoms with Crippen LogP contribution in [0.1, 0.15) is 32.8 Å². The number of carbonyl (C=O) groups is 1. The van der Waals surface area contributed by atoms with Gasteiger partial charge in [-0.25, -0.2) is 4.79 Å². The van der Waals surface area contributed by atoms with Crippen LogP contribution in [0.25, 0.3) is 6.08 Å². The lowest BCUT2D eigenvalue weighted by atomic mass is 10.2. The Bertz CT molecular complexity index is 444. The van der Waals surface area contributed by atoms with Crippen LogP contribution in [-0.2, 0) is 0 Å². The molecule has 19 heavy (non-hydrogen) atoms. The van der Waals surface area contributed by atoms with Crippen molar-refractivity contribution in [3.63, 3.8) is 0 Å². The molecule has 2 N–H and O–H groups in total. The van der Waals surface area contributed by atoms with Gasteiger partial charge in [-0.15, -0.1) is 0 Å². The molecule has 0 bridgehead atoms. The molecule has 0 aliphatic rings. The highest BCUT2D eigenvalue weighted by Gasteiger charge is 2.02. The summed E-state index contributed by atoms with van der Waals surface area (Å²) in [6, 6.07) is 1.79. The van der Waals surface area contributed by atoms with Crippen molar-refractivity contribution in [1.29, 1.82) is 0 Å². The van der Waals surface area contributed by atoms with Gasteiger partial charge in [-0.05, 0) is 38.8 Å². The van der Waals surface area contributed by atoms with Gasteiger partial charge < -0.3 is 15.2 Å². The van der Waals surface area contributed by atoms with Crippen LogP contribution in [0.2, 0.25) is 0 Å². The second-order valence-electron chi connectivity index (χ2n) is 4.61. The molecule has 0 aliphatic heterocycles. The summed E-state index contributed by atoms with van der Waals surface area (Å²) in [6.45, 7) is 5.73. The predicted octanol–water partition coefficient (Wildman–Crippen LogP) is 2.93. The number of hydrogen-bond donors (Lipinski definition) is 2. The lowest BCUT2D eigenvalue weighted by Gasteiger charge is -2.09. The summed E-state index contributed by atoms with van der Waals surface area (Å²) < 4.78 is 5.55. The number of rotatable bonds is 6. The highest BCUT2D eigenvalue weighted by molar-refractivity contribution is 5.64. The van der Waals surface area contributed by atoms with Gasteiger partial charge in [0.05, 0.1) is 12.3 Å². The molecule has 1 atom stereocenters. The largest absolute Gasteiger partial charge is 0.489 e. The lowest BCUT2D eigenvalue weighted by Crippen LogP contribution is -2.30. The molecule has 1 aromatic rings. The standard InChI is InChI=1S/C14H20N2O3/c1-10(2)19-13-7-12(8-15-9-13)6-4-5-11(3)16-14(17)18/h4,6-11,16H,5H2,1-3H3,(H,17,18)/b6-4+/t11-/m1/s1. The van der Waals surface area contributed by atoms with E-state index >= 15 is 0 Å². The first-order chi connectivity index (χ1) is 8.97. The number of amides is 1. The number of ether oxygens (including phenoxy) is 1. The van der Waals surface area contributed by atoms with Crippen molar-refractivity contribution >= 4 is 12.2 Å². The molecule has 1 rings (SSSR count). The average Bonchev–Trinajstić information content (AvgIpc) is 2.27. The zero-order valence-electron chi connectivity index (χ0n) is 11.5. The number of nitrogens with one attached hydrogen (secondary N) is 1. The van der Waals surface area contributed by atoms with E-state index in [1.807, 2.05) is 39.0 Å². The van der Waals surface area contributed by atoms with Crippen molar-refractivity contribution in [3.05, 3.63) is 30.1 Å². The Labute approximate surface area is 113 Å². The third-order valence-corrected chi connectivity index (χ3v) is 2.28. The van der Waals surface area contributed by atoms with Crippen molar-refractivity contribution in [3.8, 4) is 5.75 Å². The molecule has 5 nitrogen and oxygen atoms in total. The summed E-state index contributed by atoms with van der Waals surface area (Å²) >= 11 is 0. The maximum atomic E-state index is 10.4. The fourth-order valence-electron chi connectivity index (χ4n) is 1.54. The zero-order chi connectivity index (χ0) is 14.3. The number of aromatic nitrogens is 1. The van der Waals surface area contributed by atoms with Crippen molar-refractivity contribution in [2.24, 2.45) is 0 Å². The van der Waals surface area contributed by atoms with E-state index in [4.69, 9.17) is 9.84 Å². The number of nitrogens with zero attached hydrogens (tertiary/aromatic N) is 1. The van der Waals surface area contributed by atoms with Gasteiger partial charge in [0, 0.05) is 12.2 Å². The van der Waals surface area contributed by atoms with Crippen LogP contribution < -0.4 is 10.1 Å². The fraction of sp³-hybridized carbons (Fsp3) is 0.429. The van der Waals surface area contributed by atoms with Crippen LogP contribution >= 0.6 is 0 Å². The number of carboxylic acid groups (broad SMARTS) is 1. The number of hydrogen-bond acceptors (Lipinski definition) is 3. The molecule has 0 saturated carbocycles. The Morgan fingerprint density at radius 1 is 1.47 bits per heavy atom. The molecule has 0 unspecified atom stereocenters. The van der Waals surface area contributed by atoms with Crippen molar-refractivity contribution < 1.29 is 14.6 Å². The molecule has 1 aromatic heterocycles. The first kappa shape index (κ1) is 15.0. The second-order valence-corrected chi connectivity index (χ2v) is 4.61. The van der Waals surface area contributed by atoms with Gasteiger partial charge >= 0.3 is 6.09 Å². The van der Waals surface area contributed by atoms with Gasteiger partial charge in [0.1, 0.15) is 5.75 Å². The van der Waals surface area contributed by atoms with Crippen molar-refractivity contribution in [1.82, 2.24) is 10.3 Å². The quantitative estimate of drug-likeness (QED) is 0.828. The van der Waals surface area contributed by atoms with Gasteiger partial charge in [0.2, 0.25) is 0 Å². The molecule has 0 saturated heterocycles. The summed E-state index contributed by atoms with van der Waals surface area (Å²) in [5.41, 5.74) is 0.931. The van der Waals surface area contributed by atoms with Crippen LogP contribution in [0.4, 0.5) is 4.79 Å². The summed E-state index contributed by atoms with van der Waals surface area (Å²) in [6.07, 6.45) is 6.96. The SMILES string of the molecule is CC(C)Oc1cncc(/C=C/C[C@@H](C)NC(=O)O)c1. The van der Waals surface area contributed by atoms with Crippen LogP contribution in [0.3, 0.4) is 0 Å². The minimum atomic E-state index is -1.00. The van der Waals surface area contributed by atoms with Crippen LogP contribution in [0, 0.1) is 0 Å². The summed E-state index contributed by atoms with van der Waals surface area (Å²) in [5, 5.41) is 11.0. The summed E-state index contributed by atoms with van der Waals surface area (Å²) in [7, 11) is 0. The molecule has 5 heteroatoms. The smallest absolute Gasteiger partial charge is 0.404 e. The zero-order valence-corrected chi connectivity index (χ0v) is 11.5. The summed E-state index contributed by atoms with van der Waals surface area (Å²) in [4.78, 5) is 14.5. The molecule has 0 fully saturated rings. The summed E-state index contributed by atoms with van der Waals surface area (Å²) in [5.74, 6) is 0.730. The van der Waals surface area contributed by atoms with Crippen molar-refractivity contribution in [2.45, 2.75) is 39.3 Å². The Balaban J connectivity index is 2.54. The third kappa shape index (κ3) is 6.45. The molecule has 0 spiro atoms. The maximum Gasteiger partial charge on any atom is 0.404 e. The number of pyridine rings is 1. The lowest BCUT2D eigenvalue weighted by molar-refractivity contribution is 0.191. The van der Waals surface area contributed by atoms with E-state index in [0.717, 1.165) is 11.3 Å². The molecular formula is C14H20N2O3. The van der Waals surface area contributed by atoms with Gasteiger partial charge in [-0.1, -0.05) is 12.2 Å². The van der Waals surface area contributed by atoms with E-state index in [9.17, 15) is 4.79 Å². The van der Waals surface area contributed by atoms with E-state index in [1.165, 1.54) is 0 Å². The normalized spacial score (nSPS) is 12.6. The molecule has 0 aliphatic carbocycles. The minimum Gasteiger partial charge on any atom is -0.489 e. The van der Waals surface area contributed by atoms with E-state index in [2.05, 4.69) is 10.3 Å². The molecule has 0 aromatic carbocycles. The maximum absolute atomic E-state index is 10.4. The van der Waals surface area contributed by atoms with Crippen LogP contribution in [0.5, 0.6) is 5.75 Å². The van der Waals surface area contributed by atoms with E-state index in [0.29, 0.717) is 6.42 Å². The van der Waals surface area contributed by atoms with Crippen LogP contribution in [-0.4, -0.2) is 28.3 Å². The average molecular weight is 264 g/mol. The highest BCUT2D eigenvalue weighted by Crippen LogP contribution is 2.14. The van der Waals surface area contributed by atoms with Crippen molar-refractivity contribution in [2.75, 3.05) is 0 Å². The minimum absolute atomic E-state index is 0.112. The molecule has 104 valence electrons. The third-order valence-electron chi connectivity index (χ3n) is 2.28. The Hall–Kier alpha value is -2.04. The van der Waals surface area contributed by atoms with Crippen LogP contribution in [0.15, 0.2) is 24.5 Å². The first-order valence-corrected chi connectivity index (χ1v) is 6.25. The Kier molecular flexibility index (Phi) is 5.85. The highest BCUT2D eigenvalue weighted by atomic mass is 16.5. The van der Waals surface area contributed by atoms with E-state index in [1.54, 1.807) is 12.4 Å². The molecule has 1 heterocycles. The van der Waals surface area contributed by atoms with Gasteiger partial charge in [-0.2, -0.15) is 0 Å². The van der Waals surface area contributed by atoms with E-state index < -0.39 is 6.09 Å². The monoisotopic (exact) mass is 264 g/mol. The first-order valence-electron chi connectivity index (χ1n) is 6.25. The predicted molar refractivity (Wildman–Crippen MR) is 74.3 cm³/mol. The fourth-order valence-corrected chi connectivity index (χ4v) is 1.54. The Morgan fingerprint density at radius 3 is 2.84 bits per heavy atom. The Morgan fingerprint density at radius 2 is 2.21 bits per heavy atom. The van der Waals surface area contributed by atoms with Gasteiger partial charge in [-0.3, -0.25) is 4.98 Å². The van der Waals surface area contributed by atoms with Gasteiger partial charge in [0.25, 0.3) is 0 Å². The van der Waals surface area contributed by atoms with Gasteiger partial charge in [0.15, 0.2) is 0 Å². The topological polar surface area (TPSA) is 71.5 Å².